The molecule has 0 amide bonds. The van der Waals surface area contributed by atoms with E-state index in [1.54, 1.807) is 0 Å². The topological polar surface area (TPSA) is 50.8 Å². The van der Waals surface area contributed by atoms with E-state index in [4.69, 9.17) is 4.74 Å². The van der Waals surface area contributed by atoms with Gasteiger partial charge in [0.1, 0.15) is 11.4 Å². The third kappa shape index (κ3) is 2.00. The zero-order chi connectivity index (χ0) is 14.9. The first-order valence-electron chi connectivity index (χ1n) is 7.32. The van der Waals surface area contributed by atoms with Crippen molar-refractivity contribution in [3.8, 4) is 17.0 Å². The Labute approximate surface area is 127 Å². The number of hydrogen-bond donors (Lipinski definition) is 1. The Hall–Kier alpha value is -2.88. The number of H-pyrrole nitrogens is 1. The third-order valence-corrected chi connectivity index (χ3v) is 3.75. The molecule has 0 radical (unpaired) electrons. The molecule has 0 spiro atoms. The van der Waals surface area contributed by atoms with Crippen molar-refractivity contribution in [3.05, 3.63) is 54.7 Å². The first-order chi connectivity index (χ1) is 10.9. The Balaban J connectivity index is 1.87. The van der Waals surface area contributed by atoms with Gasteiger partial charge in [-0.15, -0.1) is 0 Å². The van der Waals surface area contributed by atoms with Gasteiger partial charge in [0.05, 0.1) is 17.6 Å². The second-order valence-corrected chi connectivity index (χ2v) is 5.09. The van der Waals surface area contributed by atoms with E-state index in [0.717, 1.165) is 38.8 Å². The van der Waals surface area contributed by atoms with E-state index >= 15 is 0 Å². The van der Waals surface area contributed by atoms with Gasteiger partial charge in [0.15, 0.2) is 0 Å². The predicted molar refractivity (Wildman–Crippen MR) is 88.0 cm³/mol. The Morgan fingerprint density at radius 1 is 1.00 bits per heavy atom. The lowest BCUT2D eigenvalue weighted by atomic mass is 10.1. The highest BCUT2D eigenvalue weighted by molar-refractivity contribution is 6.07. The van der Waals surface area contributed by atoms with Gasteiger partial charge in [-0.1, -0.05) is 18.2 Å². The number of hydrogen-bond acceptors (Lipinski definition) is 3. The first-order valence-corrected chi connectivity index (χ1v) is 7.32. The summed E-state index contributed by atoms with van der Waals surface area (Å²) in [7, 11) is 0. The van der Waals surface area contributed by atoms with Crippen molar-refractivity contribution in [1.29, 1.82) is 0 Å². The van der Waals surface area contributed by atoms with Crippen LogP contribution in [0.5, 0.6) is 5.75 Å². The van der Waals surface area contributed by atoms with E-state index < -0.39 is 0 Å². The van der Waals surface area contributed by atoms with Gasteiger partial charge in [0, 0.05) is 22.5 Å². The van der Waals surface area contributed by atoms with Crippen LogP contribution in [0, 0.1) is 0 Å². The molecule has 0 atom stereocenters. The molecule has 0 saturated heterocycles. The van der Waals surface area contributed by atoms with Crippen molar-refractivity contribution >= 4 is 21.8 Å². The minimum absolute atomic E-state index is 0.667. The van der Waals surface area contributed by atoms with Gasteiger partial charge in [0.25, 0.3) is 0 Å². The highest BCUT2D eigenvalue weighted by Crippen LogP contribution is 2.30. The predicted octanol–water partition coefficient (Wildman–Crippen LogP) is 4.18. The summed E-state index contributed by atoms with van der Waals surface area (Å²) in [5.41, 5.74) is 3.95. The van der Waals surface area contributed by atoms with Crippen LogP contribution in [-0.2, 0) is 0 Å². The SMILES string of the molecule is CCOc1ccc(-c2n[nH]c3c2cnc2ccccc23)cc1. The Morgan fingerprint density at radius 2 is 1.82 bits per heavy atom. The average molecular weight is 289 g/mol. The summed E-state index contributed by atoms with van der Waals surface area (Å²) in [5.74, 6) is 0.870. The van der Waals surface area contributed by atoms with Crippen LogP contribution >= 0.6 is 0 Å². The summed E-state index contributed by atoms with van der Waals surface area (Å²) in [6.07, 6.45) is 1.88. The fourth-order valence-electron chi connectivity index (χ4n) is 2.71. The average Bonchev–Trinajstić information content (AvgIpc) is 3.00. The lowest BCUT2D eigenvalue weighted by Crippen LogP contribution is -1.90. The Morgan fingerprint density at radius 3 is 2.64 bits per heavy atom. The summed E-state index contributed by atoms with van der Waals surface area (Å²) in [6.45, 7) is 2.65. The number of ether oxygens (including phenoxy) is 1. The quantitative estimate of drug-likeness (QED) is 0.615. The van der Waals surface area contributed by atoms with E-state index in [1.165, 1.54) is 0 Å². The maximum atomic E-state index is 5.48. The number of rotatable bonds is 3. The molecule has 0 saturated carbocycles. The Kier molecular flexibility index (Phi) is 3.00. The van der Waals surface area contributed by atoms with Gasteiger partial charge >= 0.3 is 0 Å². The molecule has 0 aliphatic carbocycles. The number of benzene rings is 2. The molecule has 4 nitrogen and oxygen atoms in total. The first kappa shape index (κ1) is 12.8. The molecule has 2 aromatic carbocycles. The van der Waals surface area contributed by atoms with Crippen LogP contribution in [0.4, 0.5) is 0 Å². The fourth-order valence-corrected chi connectivity index (χ4v) is 2.71. The standard InChI is InChI=1S/C18H15N3O/c1-2-22-13-9-7-12(8-10-13)17-15-11-19-16-6-4-3-5-14(16)18(15)21-20-17/h3-11H,2H2,1H3,(H,20,21). The summed E-state index contributed by atoms with van der Waals surface area (Å²) in [6, 6.07) is 16.1. The van der Waals surface area contributed by atoms with Crippen molar-refractivity contribution in [3.63, 3.8) is 0 Å². The number of aromatic amines is 1. The monoisotopic (exact) mass is 289 g/mol. The van der Waals surface area contributed by atoms with Crippen molar-refractivity contribution in [2.45, 2.75) is 6.92 Å². The third-order valence-electron chi connectivity index (χ3n) is 3.75. The highest BCUT2D eigenvalue weighted by Gasteiger charge is 2.11. The number of pyridine rings is 1. The number of nitrogens with zero attached hydrogens (tertiary/aromatic N) is 2. The molecule has 4 aromatic rings. The largest absolute Gasteiger partial charge is 0.494 e. The van der Waals surface area contributed by atoms with Crippen LogP contribution in [0.1, 0.15) is 6.92 Å². The zero-order valence-corrected chi connectivity index (χ0v) is 12.2. The van der Waals surface area contributed by atoms with Gasteiger partial charge in [-0.25, -0.2) is 0 Å². The van der Waals surface area contributed by atoms with Crippen LogP contribution in [0.2, 0.25) is 0 Å². The molecule has 2 heterocycles. The minimum Gasteiger partial charge on any atom is -0.494 e. The number of fused-ring (bicyclic) bond motifs is 3. The molecule has 0 aliphatic heterocycles. The van der Waals surface area contributed by atoms with Gasteiger partial charge in [0.2, 0.25) is 0 Å². The summed E-state index contributed by atoms with van der Waals surface area (Å²) >= 11 is 0. The molecule has 4 rings (SSSR count). The van der Waals surface area contributed by atoms with Crippen molar-refractivity contribution in [2.24, 2.45) is 0 Å². The van der Waals surface area contributed by atoms with Crippen LogP contribution in [0.3, 0.4) is 0 Å². The molecular weight excluding hydrogens is 274 g/mol. The van der Waals surface area contributed by atoms with Crippen molar-refractivity contribution in [1.82, 2.24) is 15.2 Å². The van der Waals surface area contributed by atoms with Crippen LogP contribution in [-0.4, -0.2) is 21.8 Å². The second-order valence-electron chi connectivity index (χ2n) is 5.09. The lowest BCUT2D eigenvalue weighted by Gasteiger charge is -2.04. The van der Waals surface area contributed by atoms with Crippen molar-refractivity contribution < 1.29 is 4.74 Å². The molecular formula is C18H15N3O. The summed E-state index contributed by atoms with van der Waals surface area (Å²) < 4.78 is 5.48. The minimum atomic E-state index is 0.667. The molecule has 108 valence electrons. The van der Waals surface area contributed by atoms with Crippen LogP contribution in [0.25, 0.3) is 33.1 Å². The zero-order valence-electron chi connectivity index (χ0n) is 12.2. The number of aromatic nitrogens is 3. The van der Waals surface area contributed by atoms with E-state index in [-0.39, 0.29) is 0 Å². The maximum absolute atomic E-state index is 5.48. The van der Waals surface area contributed by atoms with Crippen LogP contribution < -0.4 is 4.74 Å². The van der Waals surface area contributed by atoms with Gasteiger partial charge in [-0.05, 0) is 37.3 Å². The molecule has 1 N–H and O–H groups in total. The van der Waals surface area contributed by atoms with Gasteiger partial charge < -0.3 is 4.74 Å². The Bertz CT molecular complexity index is 942. The fraction of sp³-hybridized carbons (Fsp3) is 0.111. The summed E-state index contributed by atoms with van der Waals surface area (Å²) in [4.78, 5) is 4.53. The second kappa shape index (κ2) is 5.15. The van der Waals surface area contributed by atoms with Gasteiger partial charge in [-0.3, -0.25) is 10.1 Å². The highest BCUT2D eigenvalue weighted by atomic mass is 16.5. The molecule has 0 aliphatic rings. The number of para-hydroxylation sites is 1. The molecule has 2 aromatic heterocycles. The smallest absolute Gasteiger partial charge is 0.119 e. The van der Waals surface area contributed by atoms with Crippen molar-refractivity contribution in [2.75, 3.05) is 6.61 Å². The van der Waals surface area contributed by atoms with Gasteiger partial charge in [-0.2, -0.15) is 5.10 Å². The normalized spacial score (nSPS) is 11.1. The molecule has 0 fully saturated rings. The van der Waals surface area contributed by atoms with Crippen LogP contribution in [0.15, 0.2) is 54.7 Å². The van der Waals surface area contributed by atoms with E-state index in [2.05, 4.69) is 21.2 Å². The molecule has 0 unspecified atom stereocenters. The lowest BCUT2D eigenvalue weighted by molar-refractivity contribution is 0.340. The molecule has 4 heteroatoms. The molecule has 22 heavy (non-hydrogen) atoms. The number of nitrogens with one attached hydrogen (secondary N) is 1. The van der Waals surface area contributed by atoms with E-state index in [9.17, 15) is 0 Å². The maximum Gasteiger partial charge on any atom is 0.119 e. The van der Waals surface area contributed by atoms with E-state index in [1.807, 2.05) is 55.6 Å². The summed E-state index contributed by atoms with van der Waals surface area (Å²) in [5, 5.41) is 9.75. The molecule has 0 bridgehead atoms. The van der Waals surface area contributed by atoms with E-state index in [0.29, 0.717) is 6.61 Å².